The van der Waals surface area contributed by atoms with E-state index in [1.54, 1.807) is 12.1 Å². The summed E-state index contributed by atoms with van der Waals surface area (Å²) >= 11 is 5.74. The zero-order chi connectivity index (χ0) is 11.3. The van der Waals surface area contributed by atoms with Crippen molar-refractivity contribution in [1.82, 2.24) is 0 Å². The van der Waals surface area contributed by atoms with Gasteiger partial charge in [0.15, 0.2) is 0 Å². The van der Waals surface area contributed by atoms with E-state index in [9.17, 15) is 4.79 Å². The lowest BCUT2D eigenvalue weighted by Crippen LogP contribution is -2.05. The van der Waals surface area contributed by atoms with Crippen LogP contribution in [-0.4, -0.2) is 12.6 Å². The molecule has 0 amide bonds. The average molecular weight is 230 g/mol. The van der Waals surface area contributed by atoms with Crippen LogP contribution in [0, 0.1) is 0 Å². The molecule has 1 aromatic rings. The molecule has 0 bridgehead atoms. The van der Waals surface area contributed by atoms with Gasteiger partial charge in [0.2, 0.25) is 0 Å². The maximum Gasteiger partial charge on any atom is 0.339 e. The monoisotopic (exact) mass is 229 g/mol. The molecule has 0 saturated heterocycles. The normalized spacial score (nSPS) is 10.0. The van der Waals surface area contributed by atoms with Crippen LogP contribution in [0.15, 0.2) is 18.2 Å². The molecule has 0 saturated carbocycles. The summed E-state index contributed by atoms with van der Waals surface area (Å²) in [7, 11) is 0. The van der Waals surface area contributed by atoms with Crippen molar-refractivity contribution in [3.05, 3.63) is 28.8 Å². The van der Waals surface area contributed by atoms with Gasteiger partial charge < -0.3 is 5.73 Å². The summed E-state index contributed by atoms with van der Waals surface area (Å²) in [6.07, 6.45) is 0.566. The van der Waals surface area contributed by atoms with Crippen LogP contribution in [0.1, 0.15) is 12.5 Å². The fourth-order valence-corrected chi connectivity index (χ4v) is 1.25. The van der Waals surface area contributed by atoms with Crippen LogP contribution in [0.5, 0.6) is 0 Å². The maximum absolute atomic E-state index is 10.4. The molecule has 0 unspecified atom stereocenters. The molecular formula is C10H12ClNO3. The first-order valence-corrected chi connectivity index (χ1v) is 4.81. The second-order valence-electron chi connectivity index (χ2n) is 2.99. The Kier molecular flexibility index (Phi) is 4.39. The molecular weight excluding hydrogens is 218 g/mol. The molecule has 0 heterocycles. The summed E-state index contributed by atoms with van der Waals surface area (Å²) in [5.41, 5.74) is 7.23. The Labute approximate surface area is 92.9 Å². The van der Waals surface area contributed by atoms with Gasteiger partial charge in [-0.05, 0) is 17.7 Å². The first-order chi connectivity index (χ1) is 7.09. The van der Waals surface area contributed by atoms with E-state index in [0.29, 0.717) is 17.1 Å². The Morgan fingerprint density at radius 1 is 1.53 bits per heavy atom. The smallest absolute Gasteiger partial charge is 0.339 e. The predicted molar refractivity (Wildman–Crippen MR) is 57.3 cm³/mol. The van der Waals surface area contributed by atoms with Gasteiger partial charge in [-0.15, -0.1) is 0 Å². The van der Waals surface area contributed by atoms with E-state index in [0.717, 1.165) is 5.56 Å². The van der Waals surface area contributed by atoms with Crippen molar-refractivity contribution in [2.24, 2.45) is 0 Å². The number of rotatable bonds is 4. The molecule has 4 nitrogen and oxygen atoms in total. The zero-order valence-corrected chi connectivity index (χ0v) is 9.08. The van der Waals surface area contributed by atoms with Crippen molar-refractivity contribution in [3.8, 4) is 0 Å². The molecule has 0 atom stereocenters. The van der Waals surface area contributed by atoms with Gasteiger partial charge in [0.25, 0.3) is 0 Å². The van der Waals surface area contributed by atoms with Crippen molar-refractivity contribution in [2.75, 3.05) is 12.3 Å². The van der Waals surface area contributed by atoms with Crippen molar-refractivity contribution >= 4 is 23.3 Å². The van der Waals surface area contributed by atoms with Crippen LogP contribution >= 0.6 is 11.6 Å². The van der Waals surface area contributed by atoms with Gasteiger partial charge in [-0.3, -0.25) is 4.89 Å². The second-order valence-corrected chi connectivity index (χ2v) is 3.43. The van der Waals surface area contributed by atoms with E-state index >= 15 is 0 Å². The fraction of sp³-hybridized carbons (Fsp3) is 0.300. The van der Waals surface area contributed by atoms with Crippen LogP contribution in [0.25, 0.3) is 0 Å². The Bertz CT molecular complexity index is 355. The molecule has 5 heteroatoms. The SMILES string of the molecule is CC(=O)OOCCc1ccc(Cl)cc1N. The predicted octanol–water partition coefficient (Wildman–Crippen LogP) is 1.96. The Balaban J connectivity index is 2.40. The topological polar surface area (TPSA) is 61.5 Å². The molecule has 82 valence electrons. The molecule has 15 heavy (non-hydrogen) atoms. The van der Waals surface area contributed by atoms with E-state index in [-0.39, 0.29) is 6.61 Å². The largest absolute Gasteiger partial charge is 0.398 e. The molecule has 0 aliphatic carbocycles. The van der Waals surface area contributed by atoms with Crippen molar-refractivity contribution in [3.63, 3.8) is 0 Å². The Hall–Kier alpha value is -1.26. The first kappa shape index (κ1) is 11.8. The number of halogens is 1. The third-order valence-electron chi connectivity index (χ3n) is 1.74. The molecule has 0 radical (unpaired) electrons. The number of carbonyl (C=O) groups excluding carboxylic acids is 1. The van der Waals surface area contributed by atoms with E-state index < -0.39 is 5.97 Å². The van der Waals surface area contributed by atoms with Crippen molar-refractivity contribution < 1.29 is 14.6 Å². The summed E-state index contributed by atoms with van der Waals surface area (Å²) < 4.78 is 0. The minimum absolute atomic E-state index is 0.269. The third-order valence-corrected chi connectivity index (χ3v) is 1.97. The highest BCUT2D eigenvalue weighted by Gasteiger charge is 2.01. The first-order valence-electron chi connectivity index (χ1n) is 4.43. The molecule has 2 N–H and O–H groups in total. The fourth-order valence-electron chi connectivity index (χ4n) is 1.07. The molecule has 0 aliphatic heterocycles. The molecule has 0 spiro atoms. The Morgan fingerprint density at radius 2 is 2.27 bits per heavy atom. The third kappa shape index (κ3) is 4.18. The summed E-state index contributed by atoms with van der Waals surface area (Å²) in [6, 6.07) is 5.23. The molecule has 1 rings (SSSR count). The van der Waals surface area contributed by atoms with Gasteiger partial charge in [0, 0.05) is 24.1 Å². The Morgan fingerprint density at radius 3 is 2.87 bits per heavy atom. The van der Waals surface area contributed by atoms with Gasteiger partial charge in [-0.1, -0.05) is 17.7 Å². The standard InChI is InChI=1S/C10H12ClNO3/c1-7(13)15-14-5-4-8-2-3-9(11)6-10(8)12/h2-3,6H,4-5,12H2,1H3. The van der Waals surface area contributed by atoms with Crippen LogP contribution in [0.4, 0.5) is 5.69 Å². The summed E-state index contributed by atoms with van der Waals surface area (Å²) in [5.74, 6) is -0.473. The highest BCUT2D eigenvalue weighted by atomic mass is 35.5. The number of benzene rings is 1. The summed E-state index contributed by atoms with van der Waals surface area (Å²) in [4.78, 5) is 19.3. The van der Waals surface area contributed by atoms with Crippen molar-refractivity contribution in [2.45, 2.75) is 13.3 Å². The number of hydrogen-bond donors (Lipinski definition) is 1. The second kappa shape index (κ2) is 5.58. The lowest BCUT2D eigenvalue weighted by Gasteiger charge is -2.05. The van der Waals surface area contributed by atoms with E-state index in [1.807, 2.05) is 6.07 Å². The summed E-state index contributed by atoms with van der Waals surface area (Å²) in [6.45, 7) is 1.54. The van der Waals surface area contributed by atoms with Gasteiger partial charge in [0.05, 0.1) is 6.61 Å². The van der Waals surface area contributed by atoms with Gasteiger partial charge >= 0.3 is 5.97 Å². The highest BCUT2D eigenvalue weighted by Crippen LogP contribution is 2.18. The number of nitrogen functional groups attached to an aromatic ring is 1. The van der Waals surface area contributed by atoms with E-state index in [2.05, 4.69) is 9.78 Å². The number of carbonyl (C=O) groups is 1. The van der Waals surface area contributed by atoms with Crippen LogP contribution < -0.4 is 5.73 Å². The van der Waals surface area contributed by atoms with Crippen LogP contribution in [0.2, 0.25) is 5.02 Å². The summed E-state index contributed by atoms with van der Waals surface area (Å²) in [5, 5.41) is 0.595. The van der Waals surface area contributed by atoms with E-state index in [1.165, 1.54) is 6.92 Å². The molecule has 1 aromatic carbocycles. The minimum atomic E-state index is -0.473. The van der Waals surface area contributed by atoms with Crippen LogP contribution in [-0.2, 0) is 21.0 Å². The highest BCUT2D eigenvalue weighted by molar-refractivity contribution is 6.30. The van der Waals surface area contributed by atoms with Gasteiger partial charge in [-0.2, -0.15) is 4.89 Å². The molecule has 0 aromatic heterocycles. The van der Waals surface area contributed by atoms with Gasteiger partial charge in [0.1, 0.15) is 0 Å². The van der Waals surface area contributed by atoms with Gasteiger partial charge in [-0.25, -0.2) is 4.79 Å². The number of nitrogens with two attached hydrogens (primary N) is 1. The van der Waals surface area contributed by atoms with Crippen LogP contribution in [0.3, 0.4) is 0 Å². The quantitative estimate of drug-likeness (QED) is 0.371. The zero-order valence-electron chi connectivity index (χ0n) is 8.33. The minimum Gasteiger partial charge on any atom is -0.398 e. The van der Waals surface area contributed by atoms with Crippen molar-refractivity contribution in [1.29, 1.82) is 0 Å². The molecule has 0 aliphatic rings. The molecule has 0 fully saturated rings. The maximum atomic E-state index is 10.4. The van der Waals surface area contributed by atoms with E-state index in [4.69, 9.17) is 17.3 Å². The lowest BCUT2D eigenvalue weighted by atomic mass is 10.1. The number of hydrogen-bond acceptors (Lipinski definition) is 4. The number of anilines is 1. The lowest BCUT2D eigenvalue weighted by molar-refractivity contribution is -0.269. The average Bonchev–Trinajstić information content (AvgIpc) is 2.14.